The van der Waals surface area contributed by atoms with Crippen LogP contribution in [0, 0.1) is 3.57 Å². The van der Waals surface area contributed by atoms with E-state index < -0.39 is 0 Å². The van der Waals surface area contributed by atoms with E-state index in [1.807, 2.05) is 0 Å². The van der Waals surface area contributed by atoms with Gasteiger partial charge in [-0.05, 0) is 34.2 Å². The van der Waals surface area contributed by atoms with Gasteiger partial charge in [-0.25, -0.2) is 4.98 Å². The van der Waals surface area contributed by atoms with Crippen molar-refractivity contribution in [3.05, 3.63) is 21.1 Å². The minimum atomic E-state index is 0.336. The molecule has 0 radical (unpaired) electrons. The summed E-state index contributed by atoms with van der Waals surface area (Å²) in [6, 6.07) is 1.73. The average Bonchev–Trinajstić information content (AvgIpc) is 2.41. The summed E-state index contributed by atoms with van der Waals surface area (Å²) in [5.41, 5.74) is 6.13. The second kappa shape index (κ2) is 2.77. The second-order valence-electron chi connectivity index (χ2n) is 2.28. The summed E-state index contributed by atoms with van der Waals surface area (Å²) in [6.07, 6.45) is 1.68. The van der Waals surface area contributed by atoms with Gasteiger partial charge in [0.2, 0.25) is 0 Å². The molecule has 2 heterocycles. The number of furan rings is 1. The molecule has 0 aliphatic heterocycles. The molecule has 0 aliphatic carbocycles. The van der Waals surface area contributed by atoms with Gasteiger partial charge in [0.05, 0.1) is 0 Å². The first kappa shape index (κ1) is 8.12. The van der Waals surface area contributed by atoms with Crippen molar-refractivity contribution < 1.29 is 4.42 Å². The van der Waals surface area contributed by atoms with E-state index in [4.69, 9.17) is 21.8 Å². The molecule has 0 spiro atoms. The zero-order valence-electron chi connectivity index (χ0n) is 5.84. The minimum Gasteiger partial charge on any atom is -0.441 e. The smallest absolute Gasteiger partial charge is 0.194 e. The number of anilines is 1. The van der Waals surface area contributed by atoms with E-state index in [9.17, 15) is 0 Å². The highest BCUT2D eigenvalue weighted by molar-refractivity contribution is 14.1. The van der Waals surface area contributed by atoms with Crippen LogP contribution in [0.1, 0.15) is 0 Å². The Bertz CT molecular complexity index is 401. The zero-order chi connectivity index (χ0) is 8.72. The Labute approximate surface area is 87.0 Å². The van der Waals surface area contributed by atoms with Crippen LogP contribution in [0.2, 0.25) is 5.22 Å². The predicted octanol–water partition coefficient (Wildman–Crippen LogP) is 2.67. The molecular formula is C7H4ClIN2O. The van der Waals surface area contributed by atoms with E-state index in [1.165, 1.54) is 0 Å². The van der Waals surface area contributed by atoms with Gasteiger partial charge in [0.15, 0.2) is 16.6 Å². The van der Waals surface area contributed by atoms with Crippen LogP contribution in [0.25, 0.3) is 11.0 Å². The van der Waals surface area contributed by atoms with Gasteiger partial charge in [-0.2, -0.15) is 0 Å². The molecule has 0 aliphatic rings. The number of aromatic nitrogens is 1. The van der Waals surface area contributed by atoms with Crippen molar-refractivity contribution in [2.75, 3.05) is 5.73 Å². The van der Waals surface area contributed by atoms with Gasteiger partial charge in [0.1, 0.15) is 0 Å². The molecule has 2 aromatic rings. The van der Waals surface area contributed by atoms with Crippen molar-refractivity contribution in [2.24, 2.45) is 0 Å². The van der Waals surface area contributed by atoms with Crippen LogP contribution < -0.4 is 5.73 Å². The topological polar surface area (TPSA) is 52.0 Å². The monoisotopic (exact) mass is 294 g/mol. The van der Waals surface area contributed by atoms with Gasteiger partial charge in [-0.15, -0.1) is 0 Å². The van der Waals surface area contributed by atoms with E-state index in [1.54, 1.807) is 12.3 Å². The summed E-state index contributed by atoms with van der Waals surface area (Å²) < 4.78 is 6.13. The van der Waals surface area contributed by atoms with E-state index in [0.29, 0.717) is 16.6 Å². The lowest BCUT2D eigenvalue weighted by molar-refractivity contribution is 0.618. The summed E-state index contributed by atoms with van der Waals surface area (Å²) >= 11 is 7.83. The van der Waals surface area contributed by atoms with Gasteiger partial charge in [-0.1, -0.05) is 0 Å². The molecule has 2 N–H and O–H groups in total. The number of nitrogens with zero attached hydrogens (tertiary/aromatic N) is 1. The molecule has 0 amide bonds. The van der Waals surface area contributed by atoms with Crippen LogP contribution in [0.4, 0.5) is 5.82 Å². The Hall–Kier alpha value is -0.490. The third-order valence-corrected chi connectivity index (χ3v) is 2.55. The fraction of sp³-hybridized carbons (Fsp3) is 0. The second-order valence-corrected chi connectivity index (χ2v) is 3.82. The number of pyridine rings is 1. The number of fused-ring (bicyclic) bond motifs is 1. The molecule has 0 saturated heterocycles. The molecule has 0 bridgehead atoms. The van der Waals surface area contributed by atoms with E-state index in [0.717, 1.165) is 8.96 Å². The van der Waals surface area contributed by atoms with Gasteiger partial charge in [-0.3, -0.25) is 0 Å². The lowest BCUT2D eigenvalue weighted by atomic mass is 10.3. The van der Waals surface area contributed by atoms with Gasteiger partial charge in [0, 0.05) is 21.2 Å². The summed E-state index contributed by atoms with van der Waals surface area (Å²) in [5, 5.41) is 1.25. The Morgan fingerprint density at radius 3 is 3.00 bits per heavy atom. The van der Waals surface area contributed by atoms with Crippen molar-refractivity contribution in [1.29, 1.82) is 0 Å². The first-order valence-corrected chi connectivity index (χ1v) is 4.63. The summed E-state index contributed by atoms with van der Waals surface area (Å²) in [7, 11) is 0. The highest BCUT2D eigenvalue weighted by Gasteiger charge is 2.08. The number of nitrogens with two attached hydrogens (primary N) is 1. The van der Waals surface area contributed by atoms with Crippen LogP contribution in [-0.4, -0.2) is 4.98 Å². The molecule has 0 fully saturated rings. The number of rotatable bonds is 0. The van der Waals surface area contributed by atoms with Crippen LogP contribution in [-0.2, 0) is 0 Å². The fourth-order valence-electron chi connectivity index (χ4n) is 0.983. The fourth-order valence-corrected chi connectivity index (χ4v) is 1.71. The lowest BCUT2D eigenvalue weighted by Crippen LogP contribution is -1.90. The van der Waals surface area contributed by atoms with Crippen LogP contribution in [0.15, 0.2) is 16.7 Å². The Balaban J connectivity index is 2.93. The zero-order valence-corrected chi connectivity index (χ0v) is 8.76. The number of hydrogen-bond acceptors (Lipinski definition) is 3. The quantitative estimate of drug-likeness (QED) is 0.760. The third kappa shape index (κ3) is 1.15. The van der Waals surface area contributed by atoms with Crippen molar-refractivity contribution in [3.8, 4) is 0 Å². The normalized spacial score (nSPS) is 10.8. The van der Waals surface area contributed by atoms with Crippen molar-refractivity contribution in [3.63, 3.8) is 0 Å². The first-order valence-electron chi connectivity index (χ1n) is 3.17. The van der Waals surface area contributed by atoms with Crippen LogP contribution in [0.3, 0.4) is 0 Å². The molecule has 5 heteroatoms. The molecule has 0 atom stereocenters. The van der Waals surface area contributed by atoms with E-state index in [2.05, 4.69) is 27.6 Å². The molecule has 0 aromatic carbocycles. The highest BCUT2D eigenvalue weighted by Crippen LogP contribution is 2.29. The molecule has 0 saturated carbocycles. The number of halogens is 2. The largest absolute Gasteiger partial charge is 0.441 e. The van der Waals surface area contributed by atoms with Gasteiger partial charge >= 0.3 is 0 Å². The maximum atomic E-state index is 5.67. The van der Waals surface area contributed by atoms with Crippen molar-refractivity contribution in [2.45, 2.75) is 0 Å². The van der Waals surface area contributed by atoms with Crippen molar-refractivity contribution in [1.82, 2.24) is 4.98 Å². The van der Waals surface area contributed by atoms with Crippen molar-refractivity contribution >= 4 is 51.0 Å². The molecule has 62 valence electrons. The maximum Gasteiger partial charge on any atom is 0.194 e. The maximum absolute atomic E-state index is 5.67. The molecule has 3 nitrogen and oxygen atoms in total. The number of hydrogen-bond donors (Lipinski definition) is 1. The predicted molar refractivity (Wildman–Crippen MR) is 56.1 cm³/mol. The SMILES string of the molecule is Nc1ncc(I)c2cc(Cl)oc12. The average molecular weight is 294 g/mol. The van der Waals surface area contributed by atoms with E-state index >= 15 is 0 Å². The third-order valence-electron chi connectivity index (χ3n) is 1.51. The Morgan fingerprint density at radius 1 is 1.58 bits per heavy atom. The Kier molecular flexibility index (Phi) is 1.88. The minimum absolute atomic E-state index is 0.336. The molecule has 2 aromatic heterocycles. The number of nitrogen functional groups attached to an aromatic ring is 1. The van der Waals surface area contributed by atoms with Crippen LogP contribution >= 0.6 is 34.2 Å². The summed E-state index contributed by atoms with van der Waals surface area (Å²) in [4.78, 5) is 3.94. The van der Waals surface area contributed by atoms with Gasteiger partial charge < -0.3 is 10.2 Å². The highest BCUT2D eigenvalue weighted by atomic mass is 127. The lowest BCUT2D eigenvalue weighted by Gasteiger charge is -1.94. The molecule has 0 unspecified atom stereocenters. The molecule has 2 rings (SSSR count). The Morgan fingerprint density at radius 2 is 2.33 bits per heavy atom. The first-order chi connectivity index (χ1) is 5.68. The summed E-state index contributed by atoms with van der Waals surface area (Å²) in [6.45, 7) is 0. The molecule has 12 heavy (non-hydrogen) atoms. The summed E-state index contributed by atoms with van der Waals surface area (Å²) in [5.74, 6) is 0.373. The van der Waals surface area contributed by atoms with Crippen LogP contribution in [0.5, 0.6) is 0 Å². The van der Waals surface area contributed by atoms with Gasteiger partial charge in [0.25, 0.3) is 0 Å². The molecular weight excluding hydrogens is 290 g/mol. The van der Waals surface area contributed by atoms with E-state index in [-0.39, 0.29) is 0 Å². The standard InChI is InChI=1S/C7H4ClIN2O/c8-5-1-3-4(9)2-11-7(10)6(3)12-5/h1-2H,(H2,10,11).